The zero-order valence-corrected chi connectivity index (χ0v) is 13.8. The predicted octanol–water partition coefficient (Wildman–Crippen LogP) is 4.52. The first kappa shape index (κ1) is 20.7. The summed E-state index contributed by atoms with van der Waals surface area (Å²) in [6.45, 7) is 0. The van der Waals surface area contributed by atoms with Crippen molar-refractivity contribution in [2.45, 2.75) is 24.7 Å². The largest absolute Gasteiger partial charge is 0.416 e. The summed E-state index contributed by atoms with van der Waals surface area (Å²) in [4.78, 5) is 0. The maximum absolute atomic E-state index is 14.1. The Morgan fingerprint density at radius 1 is 1.08 bits per heavy atom. The highest BCUT2D eigenvalue weighted by molar-refractivity contribution is 6.30. The molecule has 0 aliphatic carbocycles. The van der Waals surface area contributed by atoms with Crippen molar-refractivity contribution in [3.05, 3.63) is 70.0 Å². The molecule has 3 N–H and O–H groups in total. The Hall–Kier alpha value is -1.34. The molecule has 0 aliphatic heterocycles. The molecule has 132 valence electrons. The molecule has 24 heavy (non-hydrogen) atoms. The third-order valence-corrected chi connectivity index (χ3v) is 3.77. The molecule has 8 heteroatoms. The maximum atomic E-state index is 14.1. The number of nitrogens with two attached hydrogens (primary N) is 1. The number of rotatable bonds is 4. The molecule has 2 rings (SSSR count). The number of aliphatic hydroxyl groups is 1. The number of alkyl halides is 3. The number of aliphatic hydroxyl groups excluding tert-OH is 1. The average molecular weight is 384 g/mol. The first-order chi connectivity index (χ1) is 10.7. The lowest BCUT2D eigenvalue weighted by Crippen LogP contribution is -2.31. The predicted molar refractivity (Wildman–Crippen MR) is 86.7 cm³/mol. The first-order valence-corrected chi connectivity index (χ1v) is 7.12. The molecule has 0 aliphatic rings. The third kappa shape index (κ3) is 4.60. The van der Waals surface area contributed by atoms with Crippen molar-refractivity contribution < 1.29 is 22.7 Å². The Morgan fingerprint density at radius 2 is 1.67 bits per heavy atom. The standard InChI is InChI=1S/C16H14ClF4NO.ClH/c17-11-7-6-10(16(19,20)21)13(14(11)18)15(22)12(23)8-9-4-2-1-3-5-9;/h1-7,12,15,23H,8,22H2;1H/t12-,15-;/m0./s1. The minimum Gasteiger partial charge on any atom is -0.391 e. The van der Waals surface area contributed by atoms with Crippen LogP contribution in [0.2, 0.25) is 5.02 Å². The zero-order chi connectivity index (χ0) is 17.2. The van der Waals surface area contributed by atoms with E-state index < -0.39 is 40.3 Å². The minimum atomic E-state index is -4.80. The highest BCUT2D eigenvalue weighted by Crippen LogP contribution is 2.38. The van der Waals surface area contributed by atoms with E-state index in [0.29, 0.717) is 11.6 Å². The molecule has 0 fully saturated rings. The molecular formula is C16H15Cl2F4NO. The van der Waals surface area contributed by atoms with Crippen molar-refractivity contribution in [2.75, 3.05) is 0 Å². The summed E-state index contributed by atoms with van der Waals surface area (Å²) >= 11 is 5.57. The third-order valence-electron chi connectivity index (χ3n) is 3.47. The van der Waals surface area contributed by atoms with Crippen LogP contribution < -0.4 is 5.73 Å². The van der Waals surface area contributed by atoms with Crippen LogP contribution in [0, 0.1) is 5.82 Å². The van der Waals surface area contributed by atoms with Gasteiger partial charge in [-0.2, -0.15) is 13.2 Å². The lowest BCUT2D eigenvalue weighted by atomic mass is 9.92. The normalized spacial score (nSPS) is 14.0. The zero-order valence-electron chi connectivity index (χ0n) is 12.2. The number of halogens is 6. The van der Waals surface area contributed by atoms with Gasteiger partial charge in [-0.1, -0.05) is 41.9 Å². The summed E-state index contributed by atoms with van der Waals surface area (Å²) in [5.41, 5.74) is 4.32. The highest BCUT2D eigenvalue weighted by atomic mass is 35.5. The Kier molecular flexibility index (Phi) is 7.04. The number of hydrogen-bond donors (Lipinski definition) is 2. The van der Waals surface area contributed by atoms with Crippen LogP contribution >= 0.6 is 24.0 Å². The van der Waals surface area contributed by atoms with Gasteiger partial charge in [0.25, 0.3) is 0 Å². The summed E-state index contributed by atoms with van der Waals surface area (Å²) in [6.07, 6.45) is -6.21. The van der Waals surface area contributed by atoms with Crippen molar-refractivity contribution in [1.82, 2.24) is 0 Å². The molecule has 0 aromatic heterocycles. The summed E-state index contributed by atoms with van der Waals surface area (Å²) in [5, 5.41) is 9.65. The van der Waals surface area contributed by atoms with E-state index in [1.54, 1.807) is 30.3 Å². The smallest absolute Gasteiger partial charge is 0.391 e. The van der Waals surface area contributed by atoms with E-state index in [1.165, 1.54) is 0 Å². The quantitative estimate of drug-likeness (QED) is 0.762. The van der Waals surface area contributed by atoms with E-state index in [9.17, 15) is 22.7 Å². The van der Waals surface area contributed by atoms with Crippen LogP contribution in [0.4, 0.5) is 17.6 Å². The van der Waals surface area contributed by atoms with Gasteiger partial charge in [-0.05, 0) is 17.7 Å². The number of benzene rings is 2. The molecule has 0 spiro atoms. The van der Waals surface area contributed by atoms with Gasteiger partial charge in [0.1, 0.15) is 5.82 Å². The Morgan fingerprint density at radius 3 is 2.21 bits per heavy atom. The van der Waals surface area contributed by atoms with Gasteiger partial charge in [-0.25, -0.2) is 4.39 Å². The van der Waals surface area contributed by atoms with Crippen LogP contribution in [0.3, 0.4) is 0 Å². The van der Waals surface area contributed by atoms with Gasteiger partial charge in [-0.3, -0.25) is 0 Å². The highest BCUT2D eigenvalue weighted by Gasteiger charge is 2.38. The van der Waals surface area contributed by atoms with Crippen LogP contribution in [0.1, 0.15) is 22.7 Å². The molecule has 2 nitrogen and oxygen atoms in total. The van der Waals surface area contributed by atoms with Gasteiger partial charge in [0, 0.05) is 12.0 Å². The second-order valence-electron chi connectivity index (χ2n) is 5.10. The van der Waals surface area contributed by atoms with Gasteiger partial charge in [0.2, 0.25) is 0 Å². The molecular weight excluding hydrogens is 369 g/mol. The molecule has 0 saturated heterocycles. The van der Waals surface area contributed by atoms with Crippen molar-refractivity contribution in [1.29, 1.82) is 0 Å². The Balaban J connectivity index is 0.00000288. The molecule has 0 saturated carbocycles. The molecule has 0 bridgehead atoms. The van der Waals surface area contributed by atoms with Gasteiger partial charge >= 0.3 is 6.18 Å². The lowest BCUT2D eigenvalue weighted by Gasteiger charge is -2.24. The fourth-order valence-corrected chi connectivity index (χ4v) is 2.48. The molecule has 0 heterocycles. The minimum absolute atomic E-state index is 0. The van der Waals surface area contributed by atoms with Crippen LogP contribution in [0.15, 0.2) is 42.5 Å². The fourth-order valence-electron chi connectivity index (χ4n) is 2.31. The summed E-state index contributed by atoms with van der Waals surface area (Å²) < 4.78 is 53.3. The molecule has 2 aromatic rings. The van der Waals surface area contributed by atoms with E-state index in [4.69, 9.17) is 17.3 Å². The Labute approximate surface area is 147 Å². The van der Waals surface area contributed by atoms with Crippen LogP contribution in [0.5, 0.6) is 0 Å². The van der Waals surface area contributed by atoms with E-state index in [1.807, 2.05) is 0 Å². The van der Waals surface area contributed by atoms with Gasteiger partial charge in [0.15, 0.2) is 0 Å². The molecule has 0 amide bonds. The van der Waals surface area contributed by atoms with Crippen LogP contribution in [0.25, 0.3) is 0 Å². The van der Waals surface area contributed by atoms with E-state index in [2.05, 4.69) is 0 Å². The average Bonchev–Trinajstić information content (AvgIpc) is 2.49. The van der Waals surface area contributed by atoms with Crippen molar-refractivity contribution in [3.63, 3.8) is 0 Å². The molecule has 2 atom stereocenters. The second kappa shape index (κ2) is 8.16. The van der Waals surface area contributed by atoms with E-state index in [0.717, 1.165) is 6.07 Å². The summed E-state index contributed by atoms with van der Waals surface area (Å²) in [5.74, 6) is -1.26. The van der Waals surface area contributed by atoms with Crippen molar-refractivity contribution in [2.24, 2.45) is 5.73 Å². The van der Waals surface area contributed by atoms with Gasteiger partial charge in [-0.15, -0.1) is 12.4 Å². The van der Waals surface area contributed by atoms with Gasteiger partial charge < -0.3 is 10.8 Å². The summed E-state index contributed by atoms with van der Waals surface area (Å²) in [7, 11) is 0. The first-order valence-electron chi connectivity index (χ1n) is 6.74. The fraction of sp³-hybridized carbons (Fsp3) is 0.250. The van der Waals surface area contributed by atoms with E-state index in [-0.39, 0.29) is 18.8 Å². The van der Waals surface area contributed by atoms with Crippen molar-refractivity contribution >= 4 is 24.0 Å². The van der Waals surface area contributed by atoms with E-state index >= 15 is 0 Å². The SMILES string of the molecule is Cl.N[C@H](c1c(C(F)(F)F)ccc(Cl)c1F)[C@@H](O)Cc1ccccc1. The van der Waals surface area contributed by atoms with Gasteiger partial charge in [0.05, 0.1) is 22.7 Å². The van der Waals surface area contributed by atoms with Crippen LogP contribution in [-0.2, 0) is 12.6 Å². The van der Waals surface area contributed by atoms with Crippen molar-refractivity contribution in [3.8, 4) is 0 Å². The topological polar surface area (TPSA) is 46.2 Å². The monoisotopic (exact) mass is 383 g/mol. The molecule has 0 radical (unpaired) electrons. The molecule has 2 aromatic carbocycles. The Bertz CT molecular complexity index is 680. The maximum Gasteiger partial charge on any atom is 0.416 e. The number of hydrogen-bond acceptors (Lipinski definition) is 2. The summed E-state index contributed by atoms with van der Waals surface area (Å²) in [6, 6.07) is 8.49. The molecule has 0 unspecified atom stereocenters. The lowest BCUT2D eigenvalue weighted by molar-refractivity contribution is -0.138. The second-order valence-corrected chi connectivity index (χ2v) is 5.51. The van der Waals surface area contributed by atoms with Crippen LogP contribution in [-0.4, -0.2) is 11.2 Å².